The maximum absolute atomic E-state index is 10.7. The fourth-order valence-corrected chi connectivity index (χ4v) is 3.19. The van der Waals surface area contributed by atoms with E-state index >= 15 is 0 Å². The topological polar surface area (TPSA) is 73.4 Å². The molecule has 0 radical (unpaired) electrons. The lowest BCUT2D eigenvalue weighted by molar-refractivity contribution is 0.0815. The summed E-state index contributed by atoms with van der Waals surface area (Å²) in [7, 11) is 3.03. The van der Waals surface area contributed by atoms with Gasteiger partial charge in [0.05, 0.1) is 37.1 Å². The van der Waals surface area contributed by atoms with Gasteiger partial charge in [-0.15, -0.1) is 0 Å². The Balaban J connectivity index is 1.79. The normalized spacial score (nSPS) is 16.6. The third-order valence-electron chi connectivity index (χ3n) is 4.34. The van der Waals surface area contributed by atoms with Crippen LogP contribution in [-0.2, 0) is 4.84 Å². The number of methoxy groups -OCH3 is 2. The molecule has 1 aliphatic heterocycles. The number of furan rings is 1. The zero-order chi connectivity index (χ0) is 17.4. The van der Waals surface area contributed by atoms with E-state index in [0.29, 0.717) is 28.7 Å². The van der Waals surface area contributed by atoms with Crippen LogP contribution >= 0.6 is 0 Å². The number of benzene rings is 2. The molecule has 0 saturated heterocycles. The Hall–Kier alpha value is -3.15. The van der Waals surface area contributed by atoms with E-state index in [1.807, 2.05) is 30.3 Å². The van der Waals surface area contributed by atoms with Gasteiger partial charge in [-0.2, -0.15) is 0 Å². The van der Waals surface area contributed by atoms with Gasteiger partial charge in [0.2, 0.25) is 5.75 Å². The van der Waals surface area contributed by atoms with Crippen molar-refractivity contribution >= 4 is 16.7 Å². The molecular weight excluding hydrogens is 322 g/mol. The molecule has 1 N–H and O–H groups in total. The highest BCUT2D eigenvalue weighted by Gasteiger charge is 2.33. The first-order chi connectivity index (χ1) is 12.2. The van der Waals surface area contributed by atoms with Crippen LogP contribution in [-0.4, -0.2) is 25.0 Å². The summed E-state index contributed by atoms with van der Waals surface area (Å²) >= 11 is 0. The maximum Gasteiger partial charge on any atom is 0.205 e. The molecule has 3 aromatic rings. The second-order valence-corrected chi connectivity index (χ2v) is 5.69. The summed E-state index contributed by atoms with van der Waals surface area (Å²) < 4.78 is 16.3. The van der Waals surface area contributed by atoms with Gasteiger partial charge in [-0.1, -0.05) is 35.5 Å². The van der Waals surface area contributed by atoms with Crippen molar-refractivity contribution in [3.05, 3.63) is 53.8 Å². The van der Waals surface area contributed by atoms with Crippen molar-refractivity contribution in [3.8, 4) is 17.2 Å². The van der Waals surface area contributed by atoms with E-state index in [2.05, 4.69) is 5.16 Å². The predicted octanol–water partition coefficient (Wildman–Crippen LogP) is 4.02. The highest BCUT2D eigenvalue weighted by molar-refractivity contribution is 6.02. The van der Waals surface area contributed by atoms with Crippen LogP contribution < -0.4 is 9.47 Å². The van der Waals surface area contributed by atoms with Gasteiger partial charge < -0.3 is 23.8 Å². The van der Waals surface area contributed by atoms with Gasteiger partial charge in [0, 0.05) is 6.42 Å². The van der Waals surface area contributed by atoms with Crippen molar-refractivity contribution < 1.29 is 23.8 Å². The predicted molar refractivity (Wildman–Crippen MR) is 92.4 cm³/mol. The first-order valence-corrected chi connectivity index (χ1v) is 7.86. The maximum atomic E-state index is 10.7. The third kappa shape index (κ3) is 2.38. The zero-order valence-electron chi connectivity index (χ0n) is 13.9. The number of aromatic hydroxyl groups is 1. The van der Waals surface area contributed by atoms with Crippen molar-refractivity contribution in [3.63, 3.8) is 0 Å². The first kappa shape index (κ1) is 15.4. The molecule has 4 rings (SSSR count). The van der Waals surface area contributed by atoms with Crippen molar-refractivity contribution in [1.29, 1.82) is 0 Å². The lowest BCUT2D eigenvalue weighted by Crippen LogP contribution is -2.05. The Bertz CT molecular complexity index is 945. The van der Waals surface area contributed by atoms with E-state index < -0.39 is 6.10 Å². The standard InChI is InChI=1S/C19H17NO5/c1-22-17-12-8-9-24-18(12)19(23-2)16(21)15(17)14-10-13(20-25-14)11-6-4-3-5-7-11/h3-9,14,21H,10H2,1-2H3. The number of phenolic OH excluding ortho intramolecular Hbond substituents is 1. The van der Waals surface area contributed by atoms with Gasteiger partial charge in [0.25, 0.3) is 0 Å². The second-order valence-electron chi connectivity index (χ2n) is 5.69. The summed E-state index contributed by atoms with van der Waals surface area (Å²) in [6, 6.07) is 11.6. The third-order valence-corrected chi connectivity index (χ3v) is 4.34. The molecule has 25 heavy (non-hydrogen) atoms. The molecule has 6 nitrogen and oxygen atoms in total. The zero-order valence-corrected chi connectivity index (χ0v) is 13.9. The summed E-state index contributed by atoms with van der Waals surface area (Å²) in [4.78, 5) is 5.62. The first-order valence-electron chi connectivity index (χ1n) is 7.86. The van der Waals surface area contributed by atoms with Crippen LogP contribution in [0.4, 0.5) is 0 Å². The van der Waals surface area contributed by atoms with Gasteiger partial charge in [0.15, 0.2) is 17.4 Å². The molecule has 1 aromatic heterocycles. The number of rotatable bonds is 4. The van der Waals surface area contributed by atoms with E-state index in [-0.39, 0.29) is 11.5 Å². The summed E-state index contributed by atoms with van der Waals surface area (Å²) in [6.45, 7) is 0. The number of hydrogen-bond donors (Lipinski definition) is 1. The van der Waals surface area contributed by atoms with Crippen molar-refractivity contribution in [1.82, 2.24) is 0 Å². The van der Waals surface area contributed by atoms with Gasteiger partial charge in [-0.25, -0.2) is 0 Å². The van der Waals surface area contributed by atoms with Gasteiger partial charge in [-0.3, -0.25) is 0 Å². The fraction of sp³-hybridized carbons (Fsp3) is 0.211. The Morgan fingerprint density at radius 2 is 1.84 bits per heavy atom. The average molecular weight is 339 g/mol. The molecule has 2 aromatic carbocycles. The van der Waals surface area contributed by atoms with E-state index in [9.17, 15) is 5.11 Å². The number of hydrogen-bond acceptors (Lipinski definition) is 6. The summed E-state index contributed by atoms with van der Waals surface area (Å²) in [6.07, 6.45) is 1.57. The number of nitrogens with zero attached hydrogens (tertiary/aromatic N) is 1. The van der Waals surface area contributed by atoms with E-state index in [1.54, 1.807) is 13.2 Å². The molecule has 6 heteroatoms. The minimum absolute atomic E-state index is 0.0590. The number of ether oxygens (including phenoxy) is 2. The summed E-state index contributed by atoms with van der Waals surface area (Å²) in [5.41, 5.74) is 2.74. The Morgan fingerprint density at radius 1 is 1.08 bits per heavy atom. The van der Waals surface area contributed by atoms with Crippen molar-refractivity contribution in [2.45, 2.75) is 12.5 Å². The molecular formula is C19H17NO5. The van der Waals surface area contributed by atoms with Crippen LogP contribution in [0.15, 0.2) is 52.2 Å². The Labute approximate surface area is 144 Å². The van der Waals surface area contributed by atoms with Crippen LogP contribution in [0.25, 0.3) is 11.0 Å². The molecule has 0 spiro atoms. The largest absolute Gasteiger partial charge is 0.504 e. The molecule has 1 atom stereocenters. The van der Waals surface area contributed by atoms with Crippen LogP contribution in [0.1, 0.15) is 23.7 Å². The summed E-state index contributed by atoms with van der Waals surface area (Å²) in [5, 5.41) is 15.6. The highest BCUT2D eigenvalue weighted by Crippen LogP contribution is 2.50. The van der Waals surface area contributed by atoms with Crippen LogP contribution in [0.3, 0.4) is 0 Å². The minimum atomic E-state index is -0.474. The van der Waals surface area contributed by atoms with E-state index in [0.717, 1.165) is 11.3 Å². The Morgan fingerprint density at radius 3 is 2.56 bits per heavy atom. The summed E-state index contributed by atoms with van der Waals surface area (Å²) in [5.74, 6) is 0.695. The second kappa shape index (κ2) is 6.05. The highest BCUT2D eigenvalue weighted by atomic mass is 16.6. The van der Waals surface area contributed by atoms with Gasteiger partial charge >= 0.3 is 0 Å². The fourth-order valence-electron chi connectivity index (χ4n) is 3.19. The lowest BCUT2D eigenvalue weighted by Gasteiger charge is -2.18. The van der Waals surface area contributed by atoms with Crippen LogP contribution in [0, 0.1) is 0 Å². The van der Waals surface area contributed by atoms with E-state index in [4.69, 9.17) is 18.7 Å². The number of fused-ring (bicyclic) bond motifs is 1. The Kier molecular flexibility index (Phi) is 3.72. The smallest absolute Gasteiger partial charge is 0.205 e. The molecule has 1 aliphatic rings. The SMILES string of the molecule is COc1c(C2CC(c3ccccc3)=NO2)c(O)c(OC)c2occc12. The molecule has 0 saturated carbocycles. The molecule has 0 amide bonds. The van der Waals surface area contributed by atoms with E-state index in [1.165, 1.54) is 13.4 Å². The van der Waals surface area contributed by atoms with Crippen LogP contribution in [0.5, 0.6) is 17.2 Å². The molecule has 1 unspecified atom stereocenters. The lowest BCUT2D eigenvalue weighted by atomic mass is 9.97. The van der Waals surface area contributed by atoms with Crippen LogP contribution in [0.2, 0.25) is 0 Å². The van der Waals surface area contributed by atoms with Crippen molar-refractivity contribution in [2.75, 3.05) is 14.2 Å². The molecule has 0 fully saturated rings. The molecule has 0 aliphatic carbocycles. The number of oxime groups is 1. The van der Waals surface area contributed by atoms with Gasteiger partial charge in [0.1, 0.15) is 5.75 Å². The average Bonchev–Trinajstić information content (AvgIpc) is 3.31. The minimum Gasteiger partial charge on any atom is -0.504 e. The quantitative estimate of drug-likeness (QED) is 0.777. The number of phenols is 1. The van der Waals surface area contributed by atoms with Gasteiger partial charge in [-0.05, 0) is 11.6 Å². The van der Waals surface area contributed by atoms with Crippen molar-refractivity contribution in [2.24, 2.45) is 5.16 Å². The molecule has 128 valence electrons. The molecule has 0 bridgehead atoms. The monoisotopic (exact) mass is 339 g/mol. The molecule has 2 heterocycles.